The van der Waals surface area contributed by atoms with E-state index in [-0.39, 0.29) is 30.3 Å². The van der Waals surface area contributed by atoms with Crippen molar-refractivity contribution in [1.29, 1.82) is 0 Å². The van der Waals surface area contributed by atoms with Crippen molar-refractivity contribution in [2.45, 2.75) is 32.1 Å². The van der Waals surface area contributed by atoms with E-state index in [4.69, 9.17) is 9.84 Å². The van der Waals surface area contributed by atoms with Gasteiger partial charge in [-0.3, -0.25) is 4.79 Å². The van der Waals surface area contributed by atoms with Gasteiger partial charge in [0.05, 0.1) is 13.2 Å². The molecule has 1 amide bonds. The summed E-state index contributed by atoms with van der Waals surface area (Å²) in [6.45, 7) is 2.53. The molecule has 0 radical (unpaired) electrons. The topological polar surface area (TPSA) is 70.6 Å². The van der Waals surface area contributed by atoms with E-state index in [0.29, 0.717) is 26.2 Å². The Morgan fingerprint density at radius 2 is 2.05 bits per heavy atom. The molecule has 1 rings (SSSR count). The number of rotatable bonds is 9. The first-order valence-electron chi connectivity index (χ1n) is 6.80. The molecule has 1 fully saturated rings. The first-order valence-corrected chi connectivity index (χ1v) is 6.80. The predicted molar refractivity (Wildman–Crippen MR) is 77.6 cm³/mol. The summed E-state index contributed by atoms with van der Waals surface area (Å²) in [4.78, 5) is 11.6. The molecule has 1 saturated carbocycles. The second kappa shape index (κ2) is 10.4. The van der Waals surface area contributed by atoms with Crippen molar-refractivity contribution < 1.29 is 14.6 Å². The van der Waals surface area contributed by atoms with Crippen LogP contribution in [0.4, 0.5) is 0 Å². The van der Waals surface area contributed by atoms with Gasteiger partial charge >= 0.3 is 0 Å². The van der Waals surface area contributed by atoms with Gasteiger partial charge in [0.25, 0.3) is 0 Å². The third-order valence-electron chi connectivity index (χ3n) is 3.74. The van der Waals surface area contributed by atoms with Crippen LogP contribution in [0.3, 0.4) is 0 Å². The molecule has 0 aromatic rings. The van der Waals surface area contributed by atoms with Gasteiger partial charge in [0, 0.05) is 26.8 Å². The van der Waals surface area contributed by atoms with Crippen molar-refractivity contribution in [3.8, 4) is 0 Å². The normalized spacial score (nSPS) is 16.9. The number of nitrogens with one attached hydrogen (secondary N) is 2. The fourth-order valence-corrected chi connectivity index (χ4v) is 2.60. The van der Waals surface area contributed by atoms with Crippen LogP contribution in [0.5, 0.6) is 0 Å². The molecular weight excluding hydrogens is 268 g/mol. The summed E-state index contributed by atoms with van der Waals surface area (Å²) in [6, 6.07) is 0. The van der Waals surface area contributed by atoms with E-state index < -0.39 is 0 Å². The predicted octanol–water partition coefficient (Wildman–Crippen LogP) is 0.703. The maximum absolute atomic E-state index is 11.6. The smallest absolute Gasteiger partial charge is 0.233 e. The Morgan fingerprint density at radius 1 is 1.37 bits per heavy atom. The van der Waals surface area contributed by atoms with Crippen LogP contribution in [0.15, 0.2) is 0 Å². The minimum absolute atomic E-state index is 0. The number of methoxy groups -OCH3 is 1. The molecule has 3 N–H and O–H groups in total. The second-order valence-electron chi connectivity index (χ2n) is 5.13. The number of hydrogen-bond donors (Lipinski definition) is 3. The van der Waals surface area contributed by atoms with Gasteiger partial charge in [-0.15, -0.1) is 12.4 Å². The molecule has 1 aliphatic rings. The van der Waals surface area contributed by atoms with Crippen LogP contribution in [-0.4, -0.2) is 51.0 Å². The molecule has 0 unspecified atom stereocenters. The van der Waals surface area contributed by atoms with Gasteiger partial charge in [-0.2, -0.15) is 0 Å². The molecule has 0 bridgehead atoms. The van der Waals surface area contributed by atoms with Crippen molar-refractivity contribution in [2.75, 3.05) is 40.0 Å². The lowest BCUT2D eigenvalue weighted by molar-refractivity contribution is -0.120. The van der Waals surface area contributed by atoms with E-state index in [2.05, 4.69) is 10.6 Å². The Hall–Kier alpha value is -0.360. The molecule has 0 aromatic heterocycles. The third kappa shape index (κ3) is 7.11. The van der Waals surface area contributed by atoms with Crippen LogP contribution in [0.1, 0.15) is 32.1 Å². The first kappa shape index (κ1) is 18.6. The zero-order valence-electron chi connectivity index (χ0n) is 11.7. The number of hydrogen-bond acceptors (Lipinski definition) is 4. The fourth-order valence-electron chi connectivity index (χ4n) is 2.60. The molecule has 6 heteroatoms. The van der Waals surface area contributed by atoms with Crippen molar-refractivity contribution in [2.24, 2.45) is 5.41 Å². The molecule has 0 aromatic carbocycles. The Bertz CT molecular complexity index is 246. The highest BCUT2D eigenvalue weighted by Gasteiger charge is 2.33. The largest absolute Gasteiger partial charge is 0.396 e. The van der Waals surface area contributed by atoms with E-state index in [1.807, 2.05) is 0 Å². The number of carbonyl (C=O) groups excluding carboxylic acids is 1. The molecule has 19 heavy (non-hydrogen) atoms. The molecule has 1 aliphatic carbocycles. The van der Waals surface area contributed by atoms with Crippen LogP contribution in [-0.2, 0) is 9.53 Å². The summed E-state index contributed by atoms with van der Waals surface area (Å²) in [5, 5.41) is 15.1. The first-order chi connectivity index (χ1) is 8.72. The molecule has 0 saturated heterocycles. The van der Waals surface area contributed by atoms with Crippen molar-refractivity contribution in [3.05, 3.63) is 0 Å². The Morgan fingerprint density at radius 3 is 2.63 bits per heavy atom. The van der Waals surface area contributed by atoms with E-state index in [1.54, 1.807) is 7.11 Å². The highest BCUT2D eigenvalue weighted by molar-refractivity contribution is 5.85. The van der Waals surface area contributed by atoms with Crippen molar-refractivity contribution >= 4 is 18.3 Å². The van der Waals surface area contributed by atoms with Crippen LogP contribution < -0.4 is 10.6 Å². The number of ether oxygens (including phenoxy) is 1. The average Bonchev–Trinajstić information content (AvgIpc) is 2.82. The minimum Gasteiger partial charge on any atom is -0.396 e. The van der Waals surface area contributed by atoms with Crippen LogP contribution in [0.2, 0.25) is 0 Å². The number of carbonyl (C=O) groups is 1. The van der Waals surface area contributed by atoms with E-state index in [1.165, 1.54) is 12.8 Å². The summed E-state index contributed by atoms with van der Waals surface area (Å²) < 4.78 is 4.89. The maximum Gasteiger partial charge on any atom is 0.233 e. The van der Waals surface area contributed by atoms with Crippen LogP contribution in [0, 0.1) is 5.41 Å². The van der Waals surface area contributed by atoms with E-state index in [0.717, 1.165) is 19.3 Å². The van der Waals surface area contributed by atoms with Crippen LogP contribution in [0.25, 0.3) is 0 Å². The summed E-state index contributed by atoms with van der Waals surface area (Å²) in [5.41, 5.74) is 0.136. The molecule has 0 heterocycles. The highest BCUT2D eigenvalue weighted by atomic mass is 35.5. The Labute approximate surface area is 121 Å². The zero-order valence-corrected chi connectivity index (χ0v) is 12.6. The van der Waals surface area contributed by atoms with Gasteiger partial charge in [-0.1, -0.05) is 12.8 Å². The van der Waals surface area contributed by atoms with Gasteiger partial charge < -0.3 is 20.5 Å². The van der Waals surface area contributed by atoms with Crippen molar-refractivity contribution in [1.82, 2.24) is 10.6 Å². The van der Waals surface area contributed by atoms with E-state index in [9.17, 15) is 4.79 Å². The lowest BCUT2D eigenvalue weighted by atomic mass is 9.83. The minimum atomic E-state index is 0. The molecule has 0 spiro atoms. The van der Waals surface area contributed by atoms with Gasteiger partial charge in [-0.25, -0.2) is 0 Å². The highest BCUT2D eigenvalue weighted by Crippen LogP contribution is 2.40. The fraction of sp³-hybridized carbons (Fsp3) is 0.923. The van der Waals surface area contributed by atoms with Crippen molar-refractivity contribution in [3.63, 3.8) is 0 Å². The molecule has 0 aliphatic heterocycles. The maximum atomic E-state index is 11.6. The monoisotopic (exact) mass is 294 g/mol. The second-order valence-corrected chi connectivity index (χ2v) is 5.13. The zero-order chi connectivity index (χ0) is 13.3. The lowest BCUT2D eigenvalue weighted by Crippen LogP contribution is -2.41. The molecule has 5 nitrogen and oxygen atoms in total. The quantitative estimate of drug-likeness (QED) is 0.548. The number of aliphatic hydroxyl groups is 1. The number of aliphatic hydroxyl groups excluding tert-OH is 1. The summed E-state index contributed by atoms with van der Waals surface area (Å²) in [5.74, 6) is 0.0234. The lowest BCUT2D eigenvalue weighted by Gasteiger charge is -2.28. The standard InChI is InChI=1S/C13H26N2O3.ClH/c1-18-9-7-14-10-12(17)15-11-13(6-8-16)4-2-3-5-13;/h14,16H,2-11H2,1H3,(H,15,17);1H. The third-order valence-corrected chi connectivity index (χ3v) is 3.74. The summed E-state index contributed by atoms with van der Waals surface area (Å²) >= 11 is 0. The molecule has 114 valence electrons. The van der Waals surface area contributed by atoms with Crippen LogP contribution >= 0.6 is 12.4 Å². The Kier molecular flexibility index (Phi) is 10.2. The average molecular weight is 295 g/mol. The molecular formula is C13H27ClN2O3. The Balaban J connectivity index is 0.00000324. The number of halogens is 1. The van der Waals surface area contributed by atoms with Gasteiger partial charge in [0.2, 0.25) is 5.91 Å². The molecule has 0 atom stereocenters. The summed E-state index contributed by atoms with van der Waals surface area (Å²) in [6.07, 6.45) is 5.45. The summed E-state index contributed by atoms with van der Waals surface area (Å²) in [7, 11) is 1.64. The van der Waals surface area contributed by atoms with E-state index >= 15 is 0 Å². The number of amides is 1. The van der Waals surface area contributed by atoms with Gasteiger partial charge in [0.1, 0.15) is 0 Å². The SMILES string of the molecule is COCCNCC(=O)NCC1(CCO)CCCC1.Cl. The van der Waals surface area contributed by atoms with Gasteiger partial charge in [0.15, 0.2) is 0 Å². The van der Waals surface area contributed by atoms with Gasteiger partial charge in [-0.05, 0) is 24.7 Å².